The molecule has 1 aliphatic carbocycles. The molecular formula is C15H22O. The van der Waals surface area contributed by atoms with E-state index in [1.165, 1.54) is 47.9 Å². The molecule has 0 aliphatic heterocycles. The monoisotopic (exact) mass is 218 g/mol. The van der Waals surface area contributed by atoms with Gasteiger partial charge in [0.15, 0.2) is 0 Å². The van der Waals surface area contributed by atoms with Gasteiger partial charge in [0.1, 0.15) is 5.75 Å². The Morgan fingerprint density at radius 1 is 1.38 bits per heavy atom. The molecule has 0 bridgehead atoms. The van der Waals surface area contributed by atoms with Crippen molar-refractivity contribution in [3.05, 3.63) is 28.3 Å². The Labute approximate surface area is 98.8 Å². The number of rotatable bonds is 2. The van der Waals surface area contributed by atoms with Crippen molar-refractivity contribution >= 4 is 0 Å². The van der Waals surface area contributed by atoms with Crippen LogP contribution >= 0.6 is 0 Å². The smallest absolute Gasteiger partial charge is 0.125 e. The maximum Gasteiger partial charge on any atom is 0.125 e. The minimum Gasteiger partial charge on any atom is -0.496 e. The van der Waals surface area contributed by atoms with Gasteiger partial charge in [-0.15, -0.1) is 0 Å². The molecule has 2 rings (SSSR count). The van der Waals surface area contributed by atoms with Gasteiger partial charge in [0.05, 0.1) is 7.11 Å². The number of aryl methyl sites for hydroxylation is 2. The van der Waals surface area contributed by atoms with Gasteiger partial charge < -0.3 is 4.74 Å². The van der Waals surface area contributed by atoms with Gasteiger partial charge in [-0.3, -0.25) is 0 Å². The first-order valence-corrected chi connectivity index (χ1v) is 6.36. The number of benzene rings is 1. The molecule has 0 heterocycles. The summed E-state index contributed by atoms with van der Waals surface area (Å²) in [7, 11) is 1.81. The van der Waals surface area contributed by atoms with Crippen LogP contribution in [0.1, 0.15) is 54.4 Å². The average molecular weight is 218 g/mol. The van der Waals surface area contributed by atoms with Gasteiger partial charge >= 0.3 is 0 Å². The molecule has 1 nitrogen and oxygen atoms in total. The lowest BCUT2D eigenvalue weighted by Gasteiger charge is -2.28. The van der Waals surface area contributed by atoms with Crippen molar-refractivity contribution in [2.24, 2.45) is 0 Å². The van der Waals surface area contributed by atoms with Crippen LogP contribution in [0.15, 0.2) is 6.07 Å². The summed E-state index contributed by atoms with van der Waals surface area (Å²) in [5.41, 5.74) is 5.71. The summed E-state index contributed by atoms with van der Waals surface area (Å²) in [6, 6.07) is 2.37. The quantitative estimate of drug-likeness (QED) is 0.725. The molecule has 16 heavy (non-hydrogen) atoms. The lowest BCUT2D eigenvalue weighted by atomic mass is 9.79. The van der Waals surface area contributed by atoms with E-state index in [0.717, 1.165) is 5.75 Å². The molecule has 0 N–H and O–H groups in total. The van der Waals surface area contributed by atoms with Crippen molar-refractivity contribution in [3.8, 4) is 5.75 Å². The molecule has 1 aromatic carbocycles. The summed E-state index contributed by atoms with van der Waals surface area (Å²) in [6.45, 7) is 6.65. The largest absolute Gasteiger partial charge is 0.496 e. The topological polar surface area (TPSA) is 9.23 Å². The third-order valence-corrected chi connectivity index (χ3v) is 4.02. The molecule has 0 aromatic heterocycles. The molecule has 0 amide bonds. The Morgan fingerprint density at radius 2 is 2.12 bits per heavy atom. The van der Waals surface area contributed by atoms with E-state index in [4.69, 9.17) is 4.74 Å². The van der Waals surface area contributed by atoms with Gasteiger partial charge in [0, 0.05) is 5.56 Å². The summed E-state index contributed by atoms with van der Waals surface area (Å²) < 4.78 is 5.66. The van der Waals surface area contributed by atoms with Crippen molar-refractivity contribution in [1.82, 2.24) is 0 Å². The fraction of sp³-hybridized carbons (Fsp3) is 0.600. The summed E-state index contributed by atoms with van der Waals surface area (Å²) >= 11 is 0. The van der Waals surface area contributed by atoms with Crippen LogP contribution in [0.5, 0.6) is 5.75 Å². The van der Waals surface area contributed by atoms with Crippen LogP contribution in [0, 0.1) is 13.8 Å². The lowest BCUT2D eigenvalue weighted by molar-refractivity contribution is 0.392. The molecule has 0 saturated carbocycles. The van der Waals surface area contributed by atoms with E-state index in [-0.39, 0.29) is 0 Å². The zero-order valence-corrected chi connectivity index (χ0v) is 10.9. The number of hydrogen-bond donors (Lipinski definition) is 0. The second-order valence-electron chi connectivity index (χ2n) is 4.92. The summed E-state index contributed by atoms with van der Waals surface area (Å²) in [6.07, 6.45) is 5.11. The van der Waals surface area contributed by atoms with E-state index >= 15 is 0 Å². The summed E-state index contributed by atoms with van der Waals surface area (Å²) in [4.78, 5) is 0. The molecule has 0 unspecified atom stereocenters. The Balaban J connectivity index is 2.61. The average Bonchev–Trinajstić information content (AvgIpc) is 2.30. The van der Waals surface area contributed by atoms with Crippen LogP contribution in [-0.4, -0.2) is 7.11 Å². The van der Waals surface area contributed by atoms with Crippen LogP contribution in [0.25, 0.3) is 0 Å². The van der Waals surface area contributed by atoms with Crippen molar-refractivity contribution < 1.29 is 4.74 Å². The zero-order valence-electron chi connectivity index (χ0n) is 10.9. The molecule has 0 saturated heterocycles. The van der Waals surface area contributed by atoms with E-state index in [1.807, 2.05) is 7.11 Å². The van der Waals surface area contributed by atoms with Crippen LogP contribution < -0.4 is 4.74 Å². The normalized spacial score (nSPS) is 19.4. The first kappa shape index (κ1) is 11.5. The van der Waals surface area contributed by atoms with Crippen molar-refractivity contribution in [1.29, 1.82) is 0 Å². The number of fused-ring (bicyclic) bond motifs is 1. The summed E-state index contributed by atoms with van der Waals surface area (Å²) in [5.74, 6) is 1.86. The van der Waals surface area contributed by atoms with Crippen LogP contribution in [0.4, 0.5) is 0 Å². The fourth-order valence-corrected chi connectivity index (χ4v) is 2.98. The summed E-state index contributed by atoms with van der Waals surface area (Å²) in [5, 5.41) is 0. The predicted octanol–water partition coefficient (Wildman–Crippen LogP) is 4.14. The van der Waals surface area contributed by atoms with E-state index in [0.29, 0.717) is 5.92 Å². The van der Waals surface area contributed by atoms with Crippen molar-refractivity contribution in [2.75, 3.05) is 7.11 Å². The van der Waals surface area contributed by atoms with Gasteiger partial charge in [0.25, 0.3) is 0 Å². The maximum absolute atomic E-state index is 5.66. The first-order valence-electron chi connectivity index (χ1n) is 6.36. The molecule has 0 radical (unpaired) electrons. The lowest BCUT2D eigenvalue weighted by Crippen LogP contribution is -2.12. The molecule has 1 aliphatic rings. The van der Waals surface area contributed by atoms with E-state index in [9.17, 15) is 0 Å². The Morgan fingerprint density at radius 3 is 2.75 bits per heavy atom. The van der Waals surface area contributed by atoms with Gasteiger partial charge in [-0.25, -0.2) is 0 Å². The highest BCUT2D eigenvalue weighted by Gasteiger charge is 2.24. The fourth-order valence-electron chi connectivity index (χ4n) is 2.98. The number of ether oxygens (including phenoxy) is 1. The van der Waals surface area contributed by atoms with E-state index in [1.54, 1.807) is 0 Å². The van der Waals surface area contributed by atoms with E-state index in [2.05, 4.69) is 26.8 Å². The maximum atomic E-state index is 5.66. The molecule has 0 fully saturated rings. The Kier molecular flexibility index (Phi) is 3.22. The minimum atomic E-state index is 0.706. The van der Waals surface area contributed by atoms with Gasteiger partial charge in [0.2, 0.25) is 0 Å². The van der Waals surface area contributed by atoms with Gasteiger partial charge in [-0.1, -0.05) is 13.0 Å². The van der Waals surface area contributed by atoms with E-state index < -0.39 is 0 Å². The van der Waals surface area contributed by atoms with Crippen LogP contribution in [0.2, 0.25) is 0 Å². The highest BCUT2D eigenvalue weighted by Crippen LogP contribution is 2.42. The van der Waals surface area contributed by atoms with Crippen LogP contribution in [-0.2, 0) is 6.42 Å². The van der Waals surface area contributed by atoms with Crippen molar-refractivity contribution in [3.63, 3.8) is 0 Å². The highest BCUT2D eigenvalue weighted by atomic mass is 16.5. The van der Waals surface area contributed by atoms with Gasteiger partial charge in [-0.05, 0) is 62.1 Å². The zero-order chi connectivity index (χ0) is 11.7. The predicted molar refractivity (Wildman–Crippen MR) is 68.4 cm³/mol. The number of hydrogen-bond acceptors (Lipinski definition) is 1. The first-order chi connectivity index (χ1) is 7.69. The molecule has 1 aromatic rings. The Bertz CT molecular complexity index is 393. The highest BCUT2D eigenvalue weighted by molar-refractivity contribution is 5.52. The molecule has 88 valence electrons. The molecular weight excluding hydrogens is 196 g/mol. The molecule has 1 atom stereocenters. The number of methoxy groups -OCH3 is 1. The Hall–Kier alpha value is -0.980. The third-order valence-electron chi connectivity index (χ3n) is 4.02. The van der Waals surface area contributed by atoms with Crippen LogP contribution in [0.3, 0.4) is 0 Å². The SMILES string of the molecule is CC[C@@H]1CCCc2cc(C)c(C)c(OC)c21. The molecule has 1 heteroatoms. The minimum absolute atomic E-state index is 0.706. The second-order valence-corrected chi connectivity index (χ2v) is 4.92. The molecule has 0 spiro atoms. The second kappa shape index (κ2) is 4.48. The third kappa shape index (κ3) is 1.73. The van der Waals surface area contributed by atoms with Gasteiger partial charge in [-0.2, -0.15) is 0 Å². The standard InChI is InChI=1S/C15H22O/c1-5-12-7-6-8-13-9-10(2)11(3)15(16-4)14(12)13/h9,12H,5-8H2,1-4H3/t12-/m1/s1. The van der Waals surface area contributed by atoms with Crippen molar-refractivity contribution in [2.45, 2.75) is 52.4 Å².